The van der Waals surface area contributed by atoms with E-state index in [1.165, 1.54) is 0 Å². The maximum Gasteiger partial charge on any atom is 0.373 e. The van der Waals surface area contributed by atoms with E-state index >= 15 is 0 Å². The van der Waals surface area contributed by atoms with Gasteiger partial charge in [-0.25, -0.2) is 14.8 Å². The first-order chi connectivity index (χ1) is 9.99. The molecule has 1 aromatic carbocycles. The largest absolute Gasteiger partial charge is 0.475 e. The topological polar surface area (TPSA) is 106 Å². The molecule has 2 aromatic rings. The lowest BCUT2D eigenvalue weighted by Gasteiger charge is -2.08. The summed E-state index contributed by atoms with van der Waals surface area (Å²) in [4.78, 5) is 30.0. The summed E-state index contributed by atoms with van der Waals surface area (Å²) in [7, 11) is 0. The first-order valence-electron chi connectivity index (χ1n) is 6.38. The maximum atomic E-state index is 11.2. The van der Waals surface area contributed by atoms with Crippen molar-refractivity contribution in [3.05, 3.63) is 48.0 Å². The van der Waals surface area contributed by atoms with Crippen molar-refractivity contribution < 1.29 is 14.7 Å². The average Bonchev–Trinajstić information content (AvgIpc) is 2.47. The van der Waals surface area contributed by atoms with E-state index in [4.69, 9.17) is 10.8 Å². The monoisotopic (exact) mass is 285 g/mol. The Morgan fingerprint density at radius 2 is 1.86 bits per heavy atom. The predicted octanol–water partition coefficient (Wildman–Crippen LogP) is 0.976. The van der Waals surface area contributed by atoms with Crippen molar-refractivity contribution in [3.8, 4) is 11.1 Å². The lowest BCUT2D eigenvalue weighted by Crippen LogP contribution is -2.38. The number of rotatable bonds is 5. The Balaban J connectivity index is 2.15. The molecule has 0 aliphatic heterocycles. The minimum atomic E-state index is -1.54. The number of ketones is 1. The molecule has 6 heteroatoms. The second-order valence-electron chi connectivity index (χ2n) is 4.68. The van der Waals surface area contributed by atoms with E-state index in [2.05, 4.69) is 9.97 Å². The number of Topliss-reactive ketones (excluding diaryl/α,β-unsaturated/α-hetero) is 1. The van der Waals surface area contributed by atoms with Gasteiger partial charge in [0.15, 0.2) is 0 Å². The minimum Gasteiger partial charge on any atom is -0.475 e. The van der Waals surface area contributed by atoms with Gasteiger partial charge in [0.25, 0.3) is 5.78 Å². The summed E-state index contributed by atoms with van der Waals surface area (Å²) >= 11 is 0. The lowest BCUT2D eigenvalue weighted by molar-refractivity contribution is -0.149. The van der Waals surface area contributed by atoms with Crippen molar-refractivity contribution in [2.45, 2.75) is 19.4 Å². The molecule has 6 nitrogen and oxygen atoms in total. The normalized spacial score (nSPS) is 11.9. The van der Waals surface area contributed by atoms with Gasteiger partial charge in [0, 0.05) is 24.4 Å². The molecule has 0 spiro atoms. The summed E-state index contributed by atoms with van der Waals surface area (Å²) in [6, 6.07) is 6.70. The zero-order valence-corrected chi connectivity index (χ0v) is 11.5. The molecule has 1 atom stereocenters. The molecule has 0 saturated carbocycles. The Bertz CT molecular complexity index is 668. The van der Waals surface area contributed by atoms with Crippen LogP contribution < -0.4 is 5.73 Å². The van der Waals surface area contributed by atoms with E-state index in [0.29, 0.717) is 5.82 Å². The van der Waals surface area contributed by atoms with Gasteiger partial charge in [0.05, 0.1) is 6.04 Å². The van der Waals surface area contributed by atoms with Crippen LogP contribution in [0, 0.1) is 6.92 Å². The van der Waals surface area contributed by atoms with Crippen molar-refractivity contribution in [3.63, 3.8) is 0 Å². The molecule has 0 fully saturated rings. The summed E-state index contributed by atoms with van der Waals surface area (Å²) in [5.41, 5.74) is 8.50. The molecule has 0 aliphatic rings. The number of carboxylic acid groups (broad SMARTS) is 1. The number of carboxylic acids is 1. The molecule has 0 bridgehead atoms. The molecule has 0 radical (unpaired) electrons. The Kier molecular flexibility index (Phi) is 4.39. The summed E-state index contributed by atoms with van der Waals surface area (Å²) in [6.07, 6.45) is 3.28. The Morgan fingerprint density at radius 3 is 2.43 bits per heavy atom. The Labute approximate surface area is 121 Å². The molecule has 2 rings (SSSR count). The first-order valence-corrected chi connectivity index (χ1v) is 6.38. The summed E-state index contributed by atoms with van der Waals surface area (Å²) in [6.45, 7) is 1.99. The van der Waals surface area contributed by atoms with Crippen LogP contribution in [0.1, 0.15) is 11.4 Å². The highest BCUT2D eigenvalue weighted by Gasteiger charge is 2.22. The number of hydrogen-bond donors (Lipinski definition) is 2. The van der Waals surface area contributed by atoms with Crippen LogP contribution in [0.5, 0.6) is 0 Å². The third-order valence-electron chi connectivity index (χ3n) is 3.11. The number of carbonyl (C=O) groups excluding carboxylic acids is 1. The summed E-state index contributed by atoms with van der Waals surface area (Å²) in [5.74, 6) is -2.24. The fourth-order valence-electron chi connectivity index (χ4n) is 1.94. The standard InChI is InChI=1S/C15H15N3O3/c1-9-4-2-3-5-11(9)10-7-17-13(18-8-10)6-12(16)14(19)15(20)21/h2-5,7-8,12H,6,16H2,1H3,(H,20,21)/t12-/m0/s1. The second-order valence-corrected chi connectivity index (χ2v) is 4.68. The van der Waals surface area contributed by atoms with Crippen LogP contribution in [-0.4, -0.2) is 32.9 Å². The van der Waals surface area contributed by atoms with Crippen LogP contribution in [0.3, 0.4) is 0 Å². The van der Waals surface area contributed by atoms with E-state index in [-0.39, 0.29) is 6.42 Å². The van der Waals surface area contributed by atoms with E-state index in [0.717, 1.165) is 16.7 Å². The van der Waals surface area contributed by atoms with Crippen LogP contribution in [0.4, 0.5) is 0 Å². The molecule has 1 heterocycles. The Hall–Kier alpha value is -2.60. The highest BCUT2D eigenvalue weighted by Crippen LogP contribution is 2.21. The Morgan fingerprint density at radius 1 is 1.24 bits per heavy atom. The van der Waals surface area contributed by atoms with E-state index in [1.54, 1.807) is 12.4 Å². The molecule has 21 heavy (non-hydrogen) atoms. The van der Waals surface area contributed by atoms with Crippen LogP contribution >= 0.6 is 0 Å². The third kappa shape index (κ3) is 3.49. The molecule has 1 aromatic heterocycles. The van der Waals surface area contributed by atoms with Crippen molar-refractivity contribution in [1.29, 1.82) is 0 Å². The van der Waals surface area contributed by atoms with E-state index in [1.807, 2.05) is 31.2 Å². The molecular weight excluding hydrogens is 270 g/mol. The number of nitrogens with two attached hydrogens (primary N) is 1. The van der Waals surface area contributed by atoms with Gasteiger partial charge >= 0.3 is 5.97 Å². The number of carbonyl (C=O) groups is 2. The van der Waals surface area contributed by atoms with Crippen molar-refractivity contribution in [2.75, 3.05) is 0 Å². The van der Waals surface area contributed by atoms with Crippen molar-refractivity contribution >= 4 is 11.8 Å². The number of benzene rings is 1. The minimum absolute atomic E-state index is 0.000808. The van der Waals surface area contributed by atoms with E-state index in [9.17, 15) is 9.59 Å². The number of aryl methyl sites for hydroxylation is 1. The first kappa shape index (κ1) is 14.8. The van der Waals surface area contributed by atoms with Gasteiger partial charge < -0.3 is 10.8 Å². The van der Waals surface area contributed by atoms with Gasteiger partial charge in [-0.1, -0.05) is 24.3 Å². The van der Waals surface area contributed by atoms with Gasteiger partial charge in [0.1, 0.15) is 5.82 Å². The zero-order valence-electron chi connectivity index (χ0n) is 11.5. The average molecular weight is 285 g/mol. The fourth-order valence-corrected chi connectivity index (χ4v) is 1.94. The van der Waals surface area contributed by atoms with E-state index < -0.39 is 17.8 Å². The SMILES string of the molecule is Cc1ccccc1-c1cnc(C[C@H](N)C(=O)C(=O)O)nc1. The van der Waals surface area contributed by atoms with Crippen LogP contribution in [0.2, 0.25) is 0 Å². The van der Waals surface area contributed by atoms with Crippen molar-refractivity contribution in [1.82, 2.24) is 9.97 Å². The molecule has 108 valence electrons. The molecule has 0 aliphatic carbocycles. The van der Waals surface area contributed by atoms with Crippen LogP contribution in [0.25, 0.3) is 11.1 Å². The molecule has 0 saturated heterocycles. The summed E-state index contributed by atoms with van der Waals surface area (Å²) in [5, 5.41) is 8.58. The number of hydrogen-bond acceptors (Lipinski definition) is 5. The third-order valence-corrected chi connectivity index (χ3v) is 3.11. The van der Waals surface area contributed by atoms with Gasteiger partial charge in [-0.05, 0) is 18.1 Å². The molecule has 0 unspecified atom stereocenters. The molecule has 3 N–H and O–H groups in total. The molecular formula is C15H15N3O3. The number of aliphatic carboxylic acids is 1. The smallest absolute Gasteiger partial charge is 0.373 e. The van der Waals surface area contributed by atoms with Gasteiger partial charge in [-0.3, -0.25) is 4.79 Å². The van der Waals surface area contributed by atoms with Crippen LogP contribution in [0.15, 0.2) is 36.7 Å². The molecule has 0 amide bonds. The predicted molar refractivity (Wildman–Crippen MR) is 76.5 cm³/mol. The fraction of sp³-hybridized carbons (Fsp3) is 0.200. The highest BCUT2D eigenvalue weighted by atomic mass is 16.4. The number of nitrogens with zero attached hydrogens (tertiary/aromatic N) is 2. The summed E-state index contributed by atoms with van der Waals surface area (Å²) < 4.78 is 0. The van der Waals surface area contributed by atoms with Gasteiger partial charge in [0.2, 0.25) is 0 Å². The van der Waals surface area contributed by atoms with Crippen LogP contribution in [-0.2, 0) is 16.0 Å². The zero-order chi connectivity index (χ0) is 15.4. The van der Waals surface area contributed by atoms with Crippen molar-refractivity contribution in [2.24, 2.45) is 5.73 Å². The maximum absolute atomic E-state index is 11.2. The highest BCUT2D eigenvalue weighted by molar-refractivity contribution is 6.34. The second kappa shape index (κ2) is 6.23. The van der Waals surface area contributed by atoms with Gasteiger partial charge in [-0.15, -0.1) is 0 Å². The number of aromatic nitrogens is 2. The van der Waals surface area contributed by atoms with Gasteiger partial charge in [-0.2, -0.15) is 0 Å². The lowest BCUT2D eigenvalue weighted by atomic mass is 10.0. The quantitative estimate of drug-likeness (QED) is 0.793.